The summed E-state index contributed by atoms with van der Waals surface area (Å²) in [7, 11) is 0. The predicted octanol–water partition coefficient (Wildman–Crippen LogP) is 2.67. The maximum Gasteiger partial charge on any atom is 0.325 e. The molecule has 1 saturated heterocycles. The molecule has 0 saturated carbocycles. The van der Waals surface area contributed by atoms with Gasteiger partial charge in [0.25, 0.3) is 0 Å². The van der Waals surface area contributed by atoms with Gasteiger partial charge in [-0.15, -0.1) is 11.3 Å². The zero-order valence-electron chi connectivity index (χ0n) is 15.0. The van der Waals surface area contributed by atoms with Crippen molar-refractivity contribution in [2.45, 2.75) is 19.2 Å². The van der Waals surface area contributed by atoms with Gasteiger partial charge in [-0.25, -0.2) is 0 Å². The van der Waals surface area contributed by atoms with Gasteiger partial charge in [-0.3, -0.25) is 14.6 Å². The number of H-pyrrole nitrogens is 1. The van der Waals surface area contributed by atoms with Crippen LogP contribution in [0.4, 0.5) is 0 Å². The number of piperazine rings is 1. The van der Waals surface area contributed by atoms with E-state index in [1.54, 1.807) is 17.5 Å². The lowest BCUT2D eigenvalue weighted by Crippen LogP contribution is -2.48. The molecule has 27 heavy (non-hydrogen) atoms. The molecule has 0 spiro atoms. The third-order valence-electron chi connectivity index (χ3n) is 5.22. The van der Waals surface area contributed by atoms with Crippen molar-refractivity contribution in [2.75, 3.05) is 26.2 Å². The lowest BCUT2D eigenvalue weighted by Gasteiger charge is -2.37. The second-order valence-corrected chi connectivity index (χ2v) is 7.95. The number of carboxylic acids is 1. The van der Waals surface area contributed by atoms with Gasteiger partial charge in [0.2, 0.25) is 0 Å². The molecule has 0 bridgehead atoms. The molecule has 2 aromatic heterocycles. The smallest absolute Gasteiger partial charge is 0.325 e. The van der Waals surface area contributed by atoms with Crippen molar-refractivity contribution >= 4 is 28.2 Å². The number of benzene rings is 1. The summed E-state index contributed by atoms with van der Waals surface area (Å²) in [6.07, 6.45) is 1.79. The fourth-order valence-electron chi connectivity index (χ4n) is 3.81. The van der Waals surface area contributed by atoms with Gasteiger partial charge in [0, 0.05) is 60.3 Å². The summed E-state index contributed by atoms with van der Waals surface area (Å²) in [6.45, 7) is 4.07. The standard InChI is InChI=1S/C20H23N3O3S/c24-13-14-3-4-16-17(11-21-18(16)10-14)19(20(25)26)23-7-5-22(6-8-23)12-15-2-1-9-27-15/h1-4,9-11,19,21,24H,5-8,12-13H2,(H,25,26)/t19-/m0/s1. The number of nitrogens with one attached hydrogen (secondary N) is 1. The molecule has 3 heterocycles. The van der Waals surface area contributed by atoms with Gasteiger partial charge in [0.15, 0.2) is 0 Å². The van der Waals surface area contributed by atoms with E-state index < -0.39 is 12.0 Å². The van der Waals surface area contributed by atoms with Crippen LogP contribution in [-0.2, 0) is 17.9 Å². The number of nitrogens with zero attached hydrogens (tertiary/aromatic N) is 2. The van der Waals surface area contributed by atoms with Crippen molar-refractivity contribution in [3.05, 3.63) is 57.9 Å². The van der Waals surface area contributed by atoms with Crippen LogP contribution in [0.25, 0.3) is 10.9 Å². The molecule has 4 rings (SSSR count). The first-order valence-corrected chi connectivity index (χ1v) is 9.96. The van der Waals surface area contributed by atoms with Gasteiger partial charge in [0.1, 0.15) is 6.04 Å². The Kier molecular flexibility index (Phi) is 5.27. The Labute approximate surface area is 161 Å². The van der Waals surface area contributed by atoms with Gasteiger partial charge in [-0.05, 0) is 23.1 Å². The molecule has 0 amide bonds. The Morgan fingerprint density at radius 3 is 2.70 bits per heavy atom. The Bertz CT molecular complexity index is 914. The molecule has 1 aromatic carbocycles. The normalized spacial score (nSPS) is 17.4. The van der Waals surface area contributed by atoms with E-state index in [-0.39, 0.29) is 6.61 Å². The van der Waals surface area contributed by atoms with Crippen molar-refractivity contribution in [3.8, 4) is 0 Å². The molecule has 1 aliphatic heterocycles. The van der Waals surface area contributed by atoms with Crippen LogP contribution >= 0.6 is 11.3 Å². The van der Waals surface area contributed by atoms with E-state index in [0.717, 1.165) is 54.8 Å². The number of aromatic nitrogens is 1. The number of aliphatic carboxylic acids is 1. The van der Waals surface area contributed by atoms with E-state index in [0.29, 0.717) is 0 Å². The van der Waals surface area contributed by atoms with Gasteiger partial charge in [0.05, 0.1) is 6.61 Å². The number of carboxylic acid groups (broad SMARTS) is 1. The maximum atomic E-state index is 12.1. The average molecular weight is 385 g/mol. The zero-order valence-corrected chi connectivity index (χ0v) is 15.8. The molecule has 1 aliphatic rings. The highest BCUT2D eigenvalue weighted by atomic mass is 32.1. The predicted molar refractivity (Wildman–Crippen MR) is 106 cm³/mol. The average Bonchev–Trinajstić information content (AvgIpc) is 3.33. The van der Waals surface area contributed by atoms with Crippen LogP contribution in [0.2, 0.25) is 0 Å². The van der Waals surface area contributed by atoms with Crippen molar-refractivity contribution in [1.29, 1.82) is 0 Å². The number of thiophene rings is 1. The van der Waals surface area contributed by atoms with Gasteiger partial charge >= 0.3 is 5.97 Å². The largest absolute Gasteiger partial charge is 0.480 e. The van der Waals surface area contributed by atoms with Crippen LogP contribution in [-0.4, -0.2) is 57.1 Å². The molecule has 3 N–H and O–H groups in total. The topological polar surface area (TPSA) is 79.8 Å². The maximum absolute atomic E-state index is 12.1. The number of aliphatic hydroxyl groups excluding tert-OH is 1. The SMILES string of the molecule is O=C(O)[C@H](c1c[nH]c2cc(CO)ccc12)N1CCN(Cc2cccs2)CC1. The van der Waals surface area contributed by atoms with E-state index in [1.165, 1.54) is 4.88 Å². The van der Waals surface area contributed by atoms with Gasteiger partial charge in [-0.1, -0.05) is 18.2 Å². The highest BCUT2D eigenvalue weighted by Crippen LogP contribution is 2.30. The fraction of sp³-hybridized carbons (Fsp3) is 0.350. The quantitative estimate of drug-likeness (QED) is 0.608. The molecule has 0 radical (unpaired) electrons. The van der Waals surface area contributed by atoms with Crippen LogP contribution in [0.3, 0.4) is 0 Å². The van der Waals surface area contributed by atoms with Gasteiger partial charge in [-0.2, -0.15) is 0 Å². The monoisotopic (exact) mass is 385 g/mol. The summed E-state index contributed by atoms with van der Waals surface area (Å²) in [6, 6.07) is 9.16. The van der Waals surface area contributed by atoms with Gasteiger partial charge < -0.3 is 15.2 Å². The Morgan fingerprint density at radius 1 is 1.22 bits per heavy atom. The van der Waals surface area contributed by atoms with Crippen LogP contribution in [0.1, 0.15) is 22.0 Å². The molecule has 1 fully saturated rings. The third kappa shape index (κ3) is 3.77. The number of rotatable bonds is 6. The van der Waals surface area contributed by atoms with E-state index in [4.69, 9.17) is 0 Å². The second-order valence-electron chi connectivity index (χ2n) is 6.91. The zero-order chi connectivity index (χ0) is 18.8. The van der Waals surface area contributed by atoms with E-state index in [2.05, 4.69) is 32.3 Å². The summed E-state index contributed by atoms with van der Waals surface area (Å²) in [5.74, 6) is -0.825. The molecule has 1 atom stereocenters. The summed E-state index contributed by atoms with van der Waals surface area (Å²) in [5, 5.41) is 22.2. The van der Waals surface area contributed by atoms with Crippen LogP contribution in [0.15, 0.2) is 41.9 Å². The minimum atomic E-state index is -0.825. The summed E-state index contributed by atoms with van der Waals surface area (Å²) in [5.41, 5.74) is 2.46. The first kappa shape index (κ1) is 18.2. The molecule has 142 valence electrons. The van der Waals surface area contributed by atoms with Crippen molar-refractivity contribution in [3.63, 3.8) is 0 Å². The Balaban J connectivity index is 1.51. The van der Waals surface area contributed by atoms with Crippen molar-refractivity contribution in [1.82, 2.24) is 14.8 Å². The molecule has 0 unspecified atom stereocenters. The highest BCUT2D eigenvalue weighted by molar-refractivity contribution is 7.09. The summed E-state index contributed by atoms with van der Waals surface area (Å²) < 4.78 is 0. The van der Waals surface area contributed by atoms with Crippen molar-refractivity contribution < 1.29 is 15.0 Å². The van der Waals surface area contributed by atoms with Crippen LogP contribution in [0, 0.1) is 0 Å². The number of aliphatic hydroxyl groups is 1. The summed E-state index contributed by atoms with van der Waals surface area (Å²) in [4.78, 5) is 21.0. The minimum Gasteiger partial charge on any atom is -0.480 e. The first-order valence-electron chi connectivity index (χ1n) is 9.08. The van der Waals surface area contributed by atoms with Crippen LogP contribution in [0.5, 0.6) is 0 Å². The fourth-order valence-corrected chi connectivity index (χ4v) is 4.56. The Hall–Kier alpha value is -2.19. The summed E-state index contributed by atoms with van der Waals surface area (Å²) >= 11 is 1.76. The molecular weight excluding hydrogens is 362 g/mol. The number of carbonyl (C=O) groups is 1. The highest BCUT2D eigenvalue weighted by Gasteiger charge is 2.32. The van der Waals surface area contributed by atoms with E-state index in [9.17, 15) is 15.0 Å². The molecule has 7 heteroatoms. The lowest BCUT2D eigenvalue weighted by atomic mass is 10.0. The second kappa shape index (κ2) is 7.82. The molecule has 0 aliphatic carbocycles. The van der Waals surface area contributed by atoms with Crippen molar-refractivity contribution in [2.24, 2.45) is 0 Å². The molecular formula is C20H23N3O3S. The number of hydrogen-bond donors (Lipinski definition) is 3. The number of aromatic amines is 1. The third-order valence-corrected chi connectivity index (χ3v) is 6.08. The lowest BCUT2D eigenvalue weighted by molar-refractivity contribution is -0.144. The van der Waals surface area contributed by atoms with E-state index in [1.807, 2.05) is 18.2 Å². The Morgan fingerprint density at radius 2 is 2.04 bits per heavy atom. The van der Waals surface area contributed by atoms with Crippen LogP contribution < -0.4 is 0 Å². The minimum absolute atomic E-state index is 0.0289. The molecule has 6 nitrogen and oxygen atoms in total. The first-order chi connectivity index (χ1) is 13.2. The number of fused-ring (bicyclic) bond motifs is 1. The molecule has 3 aromatic rings. The number of hydrogen-bond acceptors (Lipinski definition) is 5. The van der Waals surface area contributed by atoms with E-state index >= 15 is 0 Å².